The Morgan fingerprint density at radius 3 is 2.62 bits per heavy atom. The fourth-order valence-electron chi connectivity index (χ4n) is 11.0. The Bertz CT molecular complexity index is 1370. The highest BCUT2D eigenvalue weighted by molar-refractivity contribution is 5.32. The number of anilines is 1. The molecule has 11 unspecified atom stereocenters. The number of aromatic nitrogens is 2. The molecule has 4 fully saturated rings. The second kappa shape index (κ2) is 14.0. The van der Waals surface area contributed by atoms with Crippen LogP contribution < -0.4 is 11.0 Å². The van der Waals surface area contributed by atoms with E-state index in [-0.39, 0.29) is 17.3 Å². The zero-order valence-electron chi connectivity index (χ0n) is 29.7. The van der Waals surface area contributed by atoms with E-state index in [1.54, 1.807) is 5.57 Å². The minimum atomic E-state index is -3.74. The van der Waals surface area contributed by atoms with E-state index in [0.29, 0.717) is 23.1 Å². The molecule has 5 aliphatic rings. The molecule has 1 aliphatic heterocycles. The molecule has 3 saturated carbocycles. The second-order valence-corrected chi connectivity index (χ2v) is 16.8. The first-order valence-electron chi connectivity index (χ1n) is 18.8. The summed E-state index contributed by atoms with van der Waals surface area (Å²) in [6, 6.07) is 1.42. The summed E-state index contributed by atoms with van der Waals surface area (Å²) in [7, 11) is 0. The highest BCUT2D eigenvalue weighted by Gasteiger charge is 2.60. The SMILES string of the molecule is CC(C)CCCC(C)C1CCC2C3CC=C4CC(OCCNc5ccn(C6OC(CO)C(O)C6(F)F)c(=O)n5)CCC4(C)C3CCC12C. The van der Waals surface area contributed by atoms with E-state index in [9.17, 15) is 23.8 Å². The summed E-state index contributed by atoms with van der Waals surface area (Å²) < 4.78 is 41.0. The van der Waals surface area contributed by atoms with Crippen molar-refractivity contribution < 1.29 is 28.5 Å². The topological polar surface area (TPSA) is 106 Å². The standard InChI is InChI=1S/C38H59F2N3O5/c1-23(2)7-6-8-24(3)28-11-12-29-27-10-9-25-21-26(13-16-36(25,4)30(27)14-17-37(28,29)5)47-20-18-41-32-15-19-43(35(46)42-32)34-38(39,40)33(45)31(22-44)48-34/h9,15,19,23-24,26-31,33-34,44-45H,6-8,10-14,16-18,20-22H2,1-5H3,(H,41,42,46). The predicted molar refractivity (Wildman–Crippen MR) is 182 cm³/mol. The van der Waals surface area contributed by atoms with Crippen LogP contribution >= 0.6 is 0 Å². The van der Waals surface area contributed by atoms with E-state index in [1.165, 1.54) is 63.6 Å². The molecule has 0 radical (unpaired) electrons. The van der Waals surface area contributed by atoms with Gasteiger partial charge >= 0.3 is 11.6 Å². The molecule has 11 atom stereocenters. The van der Waals surface area contributed by atoms with Crippen molar-refractivity contribution in [3.63, 3.8) is 0 Å². The van der Waals surface area contributed by atoms with Crippen LogP contribution in [0.15, 0.2) is 28.7 Å². The van der Waals surface area contributed by atoms with Crippen LogP contribution in [0.2, 0.25) is 0 Å². The van der Waals surface area contributed by atoms with Gasteiger partial charge in [-0.05, 0) is 104 Å². The van der Waals surface area contributed by atoms with Crippen LogP contribution in [-0.2, 0) is 9.47 Å². The number of halogens is 2. The monoisotopic (exact) mass is 675 g/mol. The predicted octanol–water partition coefficient (Wildman–Crippen LogP) is 6.97. The maximum absolute atomic E-state index is 14.5. The molecule has 0 spiro atoms. The molecule has 1 aromatic heterocycles. The summed E-state index contributed by atoms with van der Waals surface area (Å²) >= 11 is 0. The lowest BCUT2D eigenvalue weighted by atomic mass is 9.47. The summed E-state index contributed by atoms with van der Waals surface area (Å²) in [6.45, 7) is 12.5. The molecule has 8 nitrogen and oxygen atoms in total. The van der Waals surface area contributed by atoms with Crippen LogP contribution in [0.3, 0.4) is 0 Å². The quantitative estimate of drug-likeness (QED) is 0.162. The average Bonchev–Trinajstić information content (AvgIpc) is 3.51. The number of fused-ring (bicyclic) bond motifs is 5. The number of aliphatic hydroxyl groups excluding tert-OH is 2. The molecular formula is C38H59F2N3O5. The van der Waals surface area contributed by atoms with Crippen LogP contribution in [0.25, 0.3) is 0 Å². The van der Waals surface area contributed by atoms with Crippen LogP contribution in [0.5, 0.6) is 0 Å². The van der Waals surface area contributed by atoms with E-state index < -0.39 is 36.7 Å². The zero-order chi connectivity index (χ0) is 34.4. The van der Waals surface area contributed by atoms with Crippen molar-refractivity contribution >= 4 is 5.82 Å². The maximum atomic E-state index is 14.5. The second-order valence-electron chi connectivity index (χ2n) is 16.8. The molecule has 0 bridgehead atoms. The van der Waals surface area contributed by atoms with E-state index in [0.717, 1.165) is 54.8 Å². The van der Waals surface area contributed by atoms with Gasteiger partial charge in [-0.3, -0.25) is 4.57 Å². The lowest BCUT2D eigenvalue weighted by molar-refractivity contribution is -0.140. The number of nitrogens with zero attached hydrogens (tertiary/aromatic N) is 2. The minimum absolute atomic E-state index is 0.160. The Labute approximate surface area is 285 Å². The van der Waals surface area contributed by atoms with E-state index >= 15 is 0 Å². The summed E-state index contributed by atoms with van der Waals surface area (Å²) in [5.41, 5.74) is 1.43. The molecule has 270 valence electrons. The highest BCUT2D eigenvalue weighted by Crippen LogP contribution is 2.67. The number of hydrogen-bond acceptors (Lipinski definition) is 7. The van der Waals surface area contributed by atoms with Gasteiger partial charge in [-0.15, -0.1) is 0 Å². The molecule has 4 aliphatic carbocycles. The van der Waals surface area contributed by atoms with Crippen molar-refractivity contribution in [2.45, 2.75) is 136 Å². The van der Waals surface area contributed by atoms with Gasteiger partial charge in [-0.2, -0.15) is 13.8 Å². The first-order chi connectivity index (χ1) is 22.8. The van der Waals surface area contributed by atoms with Crippen molar-refractivity contribution in [2.75, 3.05) is 25.1 Å². The molecular weight excluding hydrogens is 616 g/mol. The lowest BCUT2D eigenvalue weighted by Crippen LogP contribution is -2.51. The molecule has 0 amide bonds. The van der Waals surface area contributed by atoms with Gasteiger partial charge < -0.3 is 25.0 Å². The highest BCUT2D eigenvalue weighted by atomic mass is 19.3. The number of hydrogen-bond donors (Lipinski definition) is 3. The van der Waals surface area contributed by atoms with E-state index in [2.05, 4.69) is 51.0 Å². The molecule has 1 aromatic rings. The van der Waals surface area contributed by atoms with Gasteiger partial charge in [-0.1, -0.05) is 65.5 Å². The van der Waals surface area contributed by atoms with Crippen molar-refractivity contribution in [1.82, 2.24) is 9.55 Å². The van der Waals surface area contributed by atoms with Crippen molar-refractivity contribution in [3.8, 4) is 0 Å². The first-order valence-corrected chi connectivity index (χ1v) is 18.8. The first kappa shape index (κ1) is 35.9. The normalized spacial score (nSPS) is 39.4. The van der Waals surface area contributed by atoms with Gasteiger partial charge in [0, 0.05) is 12.7 Å². The van der Waals surface area contributed by atoms with E-state index in [4.69, 9.17) is 9.47 Å². The van der Waals surface area contributed by atoms with E-state index in [1.807, 2.05) is 0 Å². The van der Waals surface area contributed by atoms with Gasteiger partial charge in [0.05, 0.1) is 19.3 Å². The third kappa shape index (κ3) is 6.53. The molecule has 2 heterocycles. The molecule has 6 rings (SSSR count). The average molecular weight is 676 g/mol. The maximum Gasteiger partial charge on any atom is 0.351 e. The van der Waals surface area contributed by atoms with Crippen molar-refractivity contribution in [3.05, 3.63) is 34.4 Å². The Kier molecular flexibility index (Phi) is 10.5. The Hall–Kier alpha value is -1.88. The summed E-state index contributed by atoms with van der Waals surface area (Å²) in [5.74, 6) is 1.44. The molecule has 48 heavy (non-hydrogen) atoms. The Morgan fingerprint density at radius 2 is 1.92 bits per heavy atom. The molecule has 10 heteroatoms. The third-order valence-electron chi connectivity index (χ3n) is 13.7. The molecule has 1 saturated heterocycles. The number of nitrogens with one attached hydrogen (secondary N) is 1. The van der Waals surface area contributed by atoms with Crippen molar-refractivity contribution in [1.29, 1.82) is 0 Å². The minimum Gasteiger partial charge on any atom is -0.394 e. The summed E-state index contributed by atoms with van der Waals surface area (Å²) in [5, 5.41) is 22.1. The van der Waals surface area contributed by atoms with Crippen LogP contribution in [-0.4, -0.2) is 63.8 Å². The number of ether oxygens (including phenoxy) is 2. The van der Waals surface area contributed by atoms with Gasteiger partial charge in [0.25, 0.3) is 0 Å². The smallest absolute Gasteiger partial charge is 0.351 e. The number of rotatable bonds is 12. The lowest BCUT2D eigenvalue weighted by Gasteiger charge is -2.58. The Balaban J connectivity index is 1.000. The summed E-state index contributed by atoms with van der Waals surface area (Å²) in [4.78, 5) is 16.4. The van der Waals surface area contributed by atoms with Gasteiger partial charge in [0.15, 0.2) is 6.10 Å². The fraction of sp³-hybridized carbons (Fsp3) is 0.842. The summed E-state index contributed by atoms with van der Waals surface area (Å²) in [6.07, 6.45) is 12.3. The number of alkyl halides is 2. The van der Waals surface area contributed by atoms with Gasteiger partial charge in [0.2, 0.25) is 6.23 Å². The molecule has 3 N–H and O–H groups in total. The van der Waals surface area contributed by atoms with Crippen LogP contribution in [0.4, 0.5) is 14.6 Å². The zero-order valence-corrected chi connectivity index (χ0v) is 29.7. The van der Waals surface area contributed by atoms with Gasteiger partial charge in [0.1, 0.15) is 11.9 Å². The largest absolute Gasteiger partial charge is 0.394 e. The third-order valence-corrected chi connectivity index (χ3v) is 13.7. The van der Waals surface area contributed by atoms with Crippen molar-refractivity contribution in [2.24, 2.45) is 46.3 Å². The fourth-order valence-corrected chi connectivity index (χ4v) is 11.0. The van der Waals surface area contributed by atoms with Gasteiger partial charge in [-0.25, -0.2) is 4.79 Å². The number of aliphatic hydroxyl groups is 2. The van der Waals surface area contributed by atoms with Crippen LogP contribution in [0.1, 0.15) is 111 Å². The number of allylic oxidation sites excluding steroid dienone is 1. The molecule has 0 aromatic carbocycles. The Morgan fingerprint density at radius 1 is 1.12 bits per heavy atom. The van der Waals surface area contributed by atoms with Crippen LogP contribution in [0, 0.1) is 46.3 Å².